The maximum Gasteiger partial charge on any atom is 0.410 e. The van der Waals surface area contributed by atoms with E-state index in [2.05, 4.69) is 11.3 Å². The number of nitrogens with two attached hydrogens (primary N) is 1. The lowest BCUT2D eigenvalue weighted by molar-refractivity contribution is -0.385. The van der Waals surface area contributed by atoms with Crippen LogP contribution in [0.2, 0.25) is 0 Å². The Bertz CT molecular complexity index is 428. The van der Waals surface area contributed by atoms with Crippen LogP contribution < -0.4 is 10.5 Å². The van der Waals surface area contributed by atoms with Crippen molar-refractivity contribution in [2.75, 3.05) is 0 Å². The lowest BCUT2D eigenvalue weighted by Gasteiger charge is -2.03. The monoisotopic (exact) mass is 208 g/mol. The summed E-state index contributed by atoms with van der Waals surface area (Å²) in [5, 5.41) is 10.7. The highest BCUT2D eigenvalue weighted by atomic mass is 16.6. The molecule has 0 spiro atoms. The van der Waals surface area contributed by atoms with Crippen LogP contribution in [0.25, 0.3) is 6.08 Å². The first kappa shape index (κ1) is 10.7. The highest BCUT2D eigenvalue weighted by molar-refractivity contribution is 5.73. The van der Waals surface area contributed by atoms with Crippen molar-refractivity contribution in [2.24, 2.45) is 5.73 Å². The van der Waals surface area contributed by atoms with Gasteiger partial charge in [0.15, 0.2) is 0 Å². The summed E-state index contributed by atoms with van der Waals surface area (Å²) >= 11 is 0. The van der Waals surface area contributed by atoms with E-state index in [4.69, 9.17) is 5.73 Å². The SMILES string of the molecule is C=Cc1cccc(OC(N)=O)c1[N+](=O)[O-]. The van der Waals surface area contributed by atoms with Gasteiger partial charge in [-0.05, 0) is 12.1 Å². The average Bonchev–Trinajstić information content (AvgIpc) is 2.15. The second kappa shape index (κ2) is 4.23. The van der Waals surface area contributed by atoms with Crippen LogP contribution in [0, 0.1) is 10.1 Å². The standard InChI is InChI=1S/C9H8N2O4/c1-2-6-4-3-5-7(15-9(10)12)8(6)11(13)14/h2-5H,1H2,(H2,10,12). The van der Waals surface area contributed by atoms with Gasteiger partial charge in [0.25, 0.3) is 0 Å². The molecule has 0 heterocycles. The van der Waals surface area contributed by atoms with Crippen LogP contribution in [-0.2, 0) is 0 Å². The minimum atomic E-state index is -1.10. The predicted molar refractivity (Wildman–Crippen MR) is 53.4 cm³/mol. The van der Waals surface area contributed by atoms with Crippen LogP contribution in [-0.4, -0.2) is 11.0 Å². The van der Waals surface area contributed by atoms with Gasteiger partial charge in [0.2, 0.25) is 5.75 Å². The number of benzene rings is 1. The molecular formula is C9H8N2O4. The number of hydrogen-bond acceptors (Lipinski definition) is 4. The van der Waals surface area contributed by atoms with Crippen molar-refractivity contribution in [2.45, 2.75) is 0 Å². The molecule has 0 aliphatic carbocycles. The van der Waals surface area contributed by atoms with Gasteiger partial charge in [-0.25, -0.2) is 4.79 Å². The highest BCUT2D eigenvalue weighted by Gasteiger charge is 2.20. The van der Waals surface area contributed by atoms with Gasteiger partial charge < -0.3 is 10.5 Å². The van der Waals surface area contributed by atoms with Gasteiger partial charge in [0.05, 0.1) is 10.5 Å². The summed E-state index contributed by atoms with van der Waals surface area (Å²) in [6, 6.07) is 4.27. The molecule has 0 aliphatic heterocycles. The summed E-state index contributed by atoms with van der Waals surface area (Å²) in [4.78, 5) is 20.5. The van der Waals surface area contributed by atoms with Crippen molar-refractivity contribution in [1.82, 2.24) is 0 Å². The lowest BCUT2D eigenvalue weighted by Crippen LogP contribution is -2.17. The van der Waals surface area contributed by atoms with Crippen LogP contribution in [0.1, 0.15) is 5.56 Å². The number of carbonyl (C=O) groups excluding carboxylic acids is 1. The lowest BCUT2D eigenvalue weighted by atomic mass is 10.1. The van der Waals surface area contributed by atoms with Gasteiger partial charge in [-0.3, -0.25) is 10.1 Å². The number of nitro groups is 1. The second-order valence-electron chi connectivity index (χ2n) is 2.58. The topological polar surface area (TPSA) is 95.5 Å². The summed E-state index contributed by atoms with van der Waals surface area (Å²) in [5.74, 6) is -0.190. The zero-order valence-corrected chi connectivity index (χ0v) is 7.67. The molecule has 0 fully saturated rings. The Balaban J connectivity index is 3.31. The van der Waals surface area contributed by atoms with Crippen LogP contribution in [0.3, 0.4) is 0 Å². The van der Waals surface area contributed by atoms with Crippen LogP contribution >= 0.6 is 0 Å². The third-order valence-electron chi connectivity index (χ3n) is 1.64. The van der Waals surface area contributed by atoms with E-state index in [0.29, 0.717) is 0 Å². The largest absolute Gasteiger partial charge is 0.410 e. The Labute approximate surface area is 85.1 Å². The molecule has 0 atom stereocenters. The summed E-state index contributed by atoms with van der Waals surface area (Å²) < 4.78 is 4.50. The molecule has 0 aromatic heterocycles. The van der Waals surface area contributed by atoms with Gasteiger partial charge in [-0.15, -0.1) is 0 Å². The third-order valence-corrected chi connectivity index (χ3v) is 1.64. The predicted octanol–water partition coefficient (Wildman–Crippen LogP) is 1.70. The third kappa shape index (κ3) is 2.31. The van der Waals surface area contributed by atoms with E-state index >= 15 is 0 Å². The van der Waals surface area contributed by atoms with E-state index < -0.39 is 11.0 Å². The van der Waals surface area contributed by atoms with E-state index in [1.54, 1.807) is 0 Å². The van der Waals surface area contributed by atoms with Crippen molar-refractivity contribution < 1.29 is 14.5 Å². The zero-order valence-electron chi connectivity index (χ0n) is 7.67. The number of rotatable bonds is 3. The molecule has 0 unspecified atom stereocenters. The van der Waals surface area contributed by atoms with E-state index in [9.17, 15) is 14.9 Å². The second-order valence-corrected chi connectivity index (χ2v) is 2.58. The normalized spacial score (nSPS) is 9.33. The van der Waals surface area contributed by atoms with Gasteiger partial charge in [0.1, 0.15) is 0 Å². The maximum absolute atomic E-state index is 10.7. The smallest absolute Gasteiger partial charge is 0.403 e. The number of nitro benzene ring substituents is 1. The van der Waals surface area contributed by atoms with E-state index in [-0.39, 0.29) is 17.0 Å². The van der Waals surface area contributed by atoms with Crippen molar-refractivity contribution >= 4 is 17.9 Å². The van der Waals surface area contributed by atoms with Gasteiger partial charge in [-0.2, -0.15) is 0 Å². The van der Waals surface area contributed by atoms with E-state index in [1.807, 2.05) is 0 Å². The van der Waals surface area contributed by atoms with Gasteiger partial charge in [-0.1, -0.05) is 18.7 Å². The Morgan fingerprint density at radius 1 is 1.60 bits per heavy atom. The number of nitrogens with zero attached hydrogens (tertiary/aromatic N) is 1. The number of para-hydroxylation sites is 1. The molecule has 0 radical (unpaired) electrons. The molecule has 0 bridgehead atoms. The van der Waals surface area contributed by atoms with Crippen LogP contribution in [0.4, 0.5) is 10.5 Å². The average molecular weight is 208 g/mol. The molecular weight excluding hydrogens is 200 g/mol. The van der Waals surface area contributed by atoms with Gasteiger partial charge >= 0.3 is 11.8 Å². The number of ether oxygens (including phenoxy) is 1. The molecule has 0 saturated heterocycles. The number of amides is 1. The Morgan fingerprint density at radius 3 is 2.73 bits per heavy atom. The minimum absolute atomic E-state index is 0.190. The molecule has 1 aromatic rings. The van der Waals surface area contributed by atoms with Crippen molar-refractivity contribution in [1.29, 1.82) is 0 Å². The number of hydrogen-bond donors (Lipinski definition) is 1. The minimum Gasteiger partial charge on any atom is -0.403 e. The number of primary amides is 1. The summed E-state index contributed by atoms with van der Waals surface area (Å²) in [7, 11) is 0. The molecule has 2 N–H and O–H groups in total. The van der Waals surface area contributed by atoms with Gasteiger partial charge in [0, 0.05) is 0 Å². The fourth-order valence-electron chi connectivity index (χ4n) is 1.09. The Kier molecular flexibility index (Phi) is 3.02. The van der Waals surface area contributed by atoms with Crippen molar-refractivity contribution in [3.05, 3.63) is 40.5 Å². The molecule has 78 valence electrons. The molecule has 15 heavy (non-hydrogen) atoms. The Morgan fingerprint density at radius 2 is 2.27 bits per heavy atom. The first-order chi connectivity index (χ1) is 7.06. The molecule has 0 aliphatic rings. The zero-order chi connectivity index (χ0) is 11.4. The molecule has 6 nitrogen and oxygen atoms in total. The molecule has 6 heteroatoms. The van der Waals surface area contributed by atoms with Crippen molar-refractivity contribution in [3.63, 3.8) is 0 Å². The Hall–Kier alpha value is -2.37. The first-order valence-corrected chi connectivity index (χ1v) is 3.93. The highest BCUT2D eigenvalue weighted by Crippen LogP contribution is 2.31. The number of carbonyl (C=O) groups is 1. The first-order valence-electron chi connectivity index (χ1n) is 3.93. The van der Waals surface area contributed by atoms with Crippen molar-refractivity contribution in [3.8, 4) is 5.75 Å². The fourth-order valence-corrected chi connectivity index (χ4v) is 1.09. The summed E-state index contributed by atoms with van der Waals surface area (Å²) in [6.07, 6.45) is 0.200. The summed E-state index contributed by atoms with van der Waals surface area (Å²) in [5.41, 5.74) is 4.71. The van der Waals surface area contributed by atoms with E-state index in [1.165, 1.54) is 24.3 Å². The fraction of sp³-hybridized carbons (Fsp3) is 0. The van der Waals surface area contributed by atoms with Crippen LogP contribution in [0.5, 0.6) is 5.75 Å². The molecule has 1 amide bonds. The quantitative estimate of drug-likeness (QED) is 0.603. The van der Waals surface area contributed by atoms with E-state index in [0.717, 1.165) is 0 Å². The molecule has 0 saturated carbocycles. The van der Waals surface area contributed by atoms with Crippen LogP contribution in [0.15, 0.2) is 24.8 Å². The summed E-state index contributed by atoms with van der Waals surface area (Å²) in [6.45, 7) is 3.42. The molecule has 1 rings (SSSR count). The molecule has 1 aromatic carbocycles. The maximum atomic E-state index is 10.7.